The Morgan fingerprint density at radius 1 is 1.29 bits per heavy atom. The number of nitrogens with zero attached hydrogens (tertiary/aromatic N) is 3. The molecule has 0 saturated carbocycles. The molecular weight excluding hydrogens is 326 g/mol. The van der Waals surface area contributed by atoms with Crippen LogP contribution in [0.5, 0.6) is 0 Å². The highest BCUT2D eigenvalue weighted by atomic mass is 32.2. The van der Waals surface area contributed by atoms with E-state index in [1.54, 1.807) is 11.1 Å². The van der Waals surface area contributed by atoms with Crippen LogP contribution in [0.3, 0.4) is 0 Å². The summed E-state index contributed by atoms with van der Waals surface area (Å²) in [6, 6.07) is 7.49. The van der Waals surface area contributed by atoms with Gasteiger partial charge in [0.25, 0.3) is 0 Å². The molecule has 7 heteroatoms. The lowest BCUT2D eigenvalue weighted by atomic mass is 10.2. The van der Waals surface area contributed by atoms with Crippen LogP contribution in [0, 0.1) is 0 Å². The maximum absolute atomic E-state index is 12.8. The summed E-state index contributed by atoms with van der Waals surface area (Å²) in [4.78, 5) is 22.5. The van der Waals surface area contributed by atoms with Gasteiger partial charge in [0.05, 0.1) is 33.3 Å². The van der Waals surface area contributed by atoms with Crippen molar-refractivity contribution >= 4 is 27.9 Å². The summed E-state index contributed by atoms with van der Waals surface area (Å²) in [5.41, 5.74) is 0.975. The van der Waals surface area contributed by atoms with Gasteiger partial charge in [-0.25, -0.2) is 9.78 Å². The maximum Gasteiger partial charge on any atom is 0.410 e. The highest BCUT2D eigenvalue weighted by molar-refractivity contribution is 7.85. The van der Waals surface area contributed by atoms with E-state index >= 15 is 0 Å². The molecule has 128 valence electrons. The van der Waals surface area contributed by atoms with Gasteiger partial charge in [0, 0.05) is 13.1 Å². The molecule has 1 saturated heterocycles. The van der Waals surface area contributed by atoms with Crippen LogP contribution in [0.25, 0.3) is 11.0 Å². The van der Waals surface area contributed by atoms with E-state index in [1.165, 1.54) is 0 Å². The number of ether oxygens (including phenoxy) is 1. The summed E-state index contributed by atoms with van der Waals surface area (Å²) in [6.45, 7) is 6.46. The van der Waals surface area contributed by atoms with E-state index in [9.17, 15) is 9.00 Å². The van der Waals surface area contributed by atoms with Gasteiger partial charge in [0.15, 0.2) is 0 Å². The Morgan fingerprint density at radius 2 is 2.00 bits per heavy atom. The highest BCUT2D eigenvalue weighted by Gasteiger charge is 2.33. The van der Waals surface area contributed by atoms with Crippen LogP contribution in [0.15, 0.2) is 35.5 Å². The Labute approximate surface area is 143 Å². The Balaban J connectivity index is 1.70. The third-order valence-corrected chi connectivity index (χ3v) is 5.33. The van der Waals surface area contributed by atoms with Gasteiger partial charge in [0.1, 0.15) is 10.6 Å². The number of amides is 1. The van der Waals surface area contributed by atoms with E-state index < -0.39 is 16.4 Å². The van der Waals surface area contributed by atoms with Crippen LogP contribution in [0.1, 0.15) is 27.2 Å². The summed E-state index contributed by atoms with van der Waals surface area (Å²) in [7, 11) is -1.30. The molecule has 0 radical (unpaired) electrons. The van der Waals surface area contributed by atoms with Crippen LogP contribution in [0.2, 0.25) is 0 Å². The third-order valence-electron chi connectivity index (χ3n) is 3.73. The van der Waals surface area contributed by atoms with Gasteiger partial charge in [-0.15, -0.1) is 0 Å². The number of hydrogen-bond acceptors (Lipinski definition) is 5. The minimum absolute atomic E-state index is 0.145. The van der Waals surface area contributed by atoms with Gasteiger partial charge >= 0.3 is 6.09 Å². The lowest BCUT2D eigenvalue weighted by molar-refractivity contribution is 0.0295. The van der Waals surface area contributed by atoms with E-state index in [-0.39, 0.29) is 11.3 Å². The second-order valence-electron chi connectivity index (χ2n) is 6.83. The molecule has 1 aromatic carbocycles. The largest absolute Gasteiger partial charge is 0.444 e. The van der Waals surface area contributed by atoms with Crippen LogP contribution in [-0.2, 0) is 15.5 Å². The lowest BCUT2D eigenvalue weighted by Gasteiger charge is -2.24. The predicted molar refractivity (Wildman–Crippen MR) is 92.2 cm³/mol. The topological polar surface area (TPSA) is 72.4 Å². The molecule has 1 amide bonds. The zero-order chi connectivity index (χ0) is 17.3. The van der Waals surface area contributed by atoms with Gasteiger partial charge in [-0.1, -0.05) is 12.1 Å². The first kappa shape index (κ1) is 16.8. The van der Waals surface area contributed by atoms with Crippen LogP contribution in [0.4, 0.5) is 4.79 Å². The normalized spacial score (nSPS) is 19.5. The van der Waals surface area contributed by atoms with E-state index in [0.717, 1.165) is 11.0 Å². The monoisotopic (exact) mass is 347 g/mol. The second kappa shape index (κ2) is 6.47. The summed E-state index contributed by atoms with van der Waals surface area (Å²) >= 11 is 0. The van der Waals surface area contributed by atoms with Gasteiger partial charge in [-0.3, -0.25) is 9.19 Å². The Bertz CT molecular complexity index is 788. The Hall–Kier alpha value is -2.02. The zero-order valence-corrected chi connectivity index (χ0v) is 14.9. The van der Waals surface area contributed by atoms with E-state index in [0.29, 0.717) is 24.5 Å². The predicted octanol–water partition coefficient (Wildman–Crippen LogP) is 2.75. The van der Waals surface area contributed by atoms with E-state index in [4.69, 9.17) is 4.74 Å². The first-order chi connectivity index (χ1) is 11.3. The van der Waals surface area contributed by atoms with Gasteiger partial charge in [0.2, 0.25) is 0 Å². The smallest absolute Gasteiger partial charge is 0.410 e. The summed E-state index contributed by atoms with van der Waals surface area (Å²) in [5, 5.41) is 0.317. The molecule has 2 heterocycles. The van der Waals surface area contributed by atoms with Crippen molar-refractivity contribution in [1.82, 2.24) is 14.9 Å². The lowest BCUT2D eigenvalue weighted by Crippen LogP contribution is -2.36. The van der Waals surface area contributed by atoms with Crippen LogP contribution in [-0.4, -0.2) is 49.1 Å². The minimum atomic E-state index is -1.30. The van der Waals surface area contributed by atoms with Crippen LogP contribution >= 0.6 is 0 Å². The summed E-state index contributed by atoms with van der Waals surface area (Å²) in [6.07, 6.45) is 1.88. The number of para-hydroxylation sites is 2. The third kappa shape index (κ3) is 3.72. The quantitative estimate of drug-likeness (QED) is 0.835. The number of benzene rings is 1. The number of likely N-dealkylation sites (tertiary alicyclic amines) is 1. The fraction of sp³-hybridized carbons (Fsp3) is 0.471. The van der Waals surface area contributed by atoms with Crippen LogP contribution < -0.4 is 0 Å². The van der Waals surface area contributed by atoms with E-state index in [1.807, 2.05) is 45.0 Å². The molecule has 0 unspecified atom stereocenters. The van der Waals surface area contributed by atoms with E-state index in [2.05, 4.69) is 9.97 Å². The molecule has 1 aliphatic heterocycles. The molecule has 1 fully saturated rings. The number of hydrogen-bond donors (Lipinski definition) is 0. The first-order valence-corrected chi connectivity index (χ1v) is 9.15. The van der Waals surface area contributed by atoms with Crippen molar-refractivity contribution in [3.05, 3.63) is 30.5 Å². The molecule has 24 heavy (non-hydrogen) atoms. The summed E-state index contributed by atoms with van der Waals surface area (Å²) in [5.74, 6) is 0. The van der Waals surface area contributed by atoms with Crippen molar-refractivity contribution in [2.45, 2.75) is 43.1 Å². The SMILES string of the molecule is CC(C)(C)OC(=O)N1CC[C@H]([S@@](=O)c2cnc3ccccc3n2)C1. The van der Waals surface area contributed by atoms with Crippen molar-refractivity contribution in [3.63, 3.8) is 0 Å². The highest BCUT2D eigenvalue weighted by Crippen LogP contribution is 2.22. The molecule has 6 nitrogen and oxygen atoms in total. The van der Waals surface area contributed by atoms with Crippen molar-refractivity contribution in [3.8, 4) is 0 Å². The number of fused-ring (bicyclic) bond motifs is 1. The molecule has 2 aromatic rings. The van der Waals surface area contributed by atoms with Crippen molar-refractivity contribution in [2.24, 2.45) is 0 Å². The molecule has 1 aromatic heterocycles. The zero-order valence-electron chi connectivity index (χ0n) is 14.1. The van der Waals surface area contributed by atoms with Gasteiger partial charge < -0.3 is 9.64 Å². The van der Waals surface area contributed by atoms with Crippen molar-refractivity contribution in [1.29, 1.82) is 0 Å². The fourth-order valence-electron chi connectivity index (χ4n) is 2.60. The number of carbonyl (C=O) groups excluding carboxylic acids is 1. The van der Waals surface area contributed by atoms with Gasteiger partial charge in [-0.2, -0.15) is 0 Å². The molecule has 3 rings (SSSR count). The number of rotatable bonds is 2. The molecular formula is C17H21N3O3S. The van der Waals surface area contributed by atoms with Crippen molar-refractivity contribution < 1.29 is 13.7 Å². The van der Waals surface area contributed by atoms with Crippen molar-refractivity contribution in [2.75, 3.05) is 13.1 Å². The average molecular weight is 347 g/mol. The number of carbonyl (C=O) groups is 1. The number of aromatic nitrogens is 2. The average Bonchev–Trinajstić information content (AvgIpc) is 3.02. The Morgan fingerprint density at radius 3 is 2.71 bits per heavy atom. The summed E-state index contributed by atoms with van der Waals surface area (Å²) < 4.78 is 18.1. The Kier molecular flexibility index (Phi) is 4.54. The minimum Gasteiger partial charge on any atom is -0.444 e. The second-order valence-corrected chi connectivity index (χ2v) is 8.51. The molecule has 1 aliphatic rings. The van der Waals surface area contributed by atoms with Gasteiger partial charge in [-0.05, 0) is 39.3 Å². The fourth-order valence-corrected chi connectivity index (χ4v) is 3.92. The molecule has 0 spiro atoms. The molecule has 0 N–H and O–H groups in total. The first-order valence-electron chi connectivity index (χ1n) is 7.94. The maximum atomic E-state index is 12.8. The standard InChI is InChI=1S/C17H21N3O3S/c1-17(2,3)23-16(21)20-9-8-12(11-20)24(22)15-10-18-13-6-4-5-7-14(13)19-15/h4-7,10,12H,8-9,11H2,1-3H3/t12-,24+/m0/s1. The molecule has 2 atom stereocenters. The molecule has 0 bridgehead atoms. The molecule has 0 aliphatic carbocycles.